The summed E-state index contributed by atoms with van der Waals surface area (Å²) in [4.78, 5) is 25.9. The number of nitrogens with zero attached hydrogens (tertiary/aromatic N) is 1. The lowest BCUT2D eigenvalue weighted by atomic mass is 10.2. The topological polar surface area (TPSA) is 59.8 Å². The SMILES string of the molecule is Cc1ccc(OCCN2C(=O)S/C(=C\c3ccc(I)o3)C2=O)cc1. The van der Waals surface area contributed by atoms with E-state index in [9.17, 15) is 9.59 Å². The minimum atomic E-state index is -0.316. The van der Waals surface area contributed by atoms with Gasteiger partial charge in [0.25, 0.3) is 11.1 Å². The van der Waals surface area contributed by atoms with Crippen LogP contribution in [0, 0.1) is 10.7 Å². The minimum Gasteiger partial charge on any atom is -0.492 e. The number of carbonyl (C=O) groups is 2. The van der Waals surface area contributed by atoms with Crippen LogP contribution in [0.3, 0.4) is 0 Å². The summed E-state index contributed by atoms with van der Waals surface area (Å²) in [6, 6.07) is 11.2. The van der Waals surface area contributed by atoms with Gasteiger partial charge in [-0.15, -0.1) is 0 Å². The molecule has 1 fully saturated rings. The van der Waals surface area contributed by atoms with Gasteiger partial charge in [-0.05, 0) is 65.5 Å². The van der Waals surface area contributed by atoms with E-state index in [4.69, 9.17) is 9.15 Å². The number of halogens is 1. The van der Waals surface area contributed by atoms with Crippen molar-refractivity contribution in [2.75, 3.05) is 13.2 Å². The van der Waals surface area contributed by atoms with E-state index >= 15 is 0 Å². The Morgan fingerprint density at radius 3 is 2.62 bits per heavy atom. The van der Waals surface area contributed by atoms with Gasteiger partial charge >= 0.3 is 0 Å². The van der Waals surface area contributed by atoms with E-state index in [1.807, 2.05) is 53.8 Å². The van der Waals surface area contributed by atoms with Crippen molar-refractivity contribution in [3.63, 3.8) is 0 Å². The number of amides is 2. The van der Waals surface area contributed by atoms with Crippen LogP contribution in [0.4, 0.5) is 4.79 Å². The fourth-order valence-corrected chi connectivity index (χ4v) is 3.40. The zero-order chi connectivity index (χ0) is 17.1. The first kappa shape index (κ1) is 17.1. The summed E-state index contributed by atoms with van der Waals surface area (Å²) in [6.07, 6.45) is 1.59. The van der Waals surface area contributed by atoms with E-state index < -0.39 is 0 Å². The quantitative estimate of drug-likeness (QED) is 0.497. The van der Waals surface area contributed by atoms with Crippen molar-refractivity contribution in [2.45, 2.75) is 6.92 Å². The predicted molar refractivity (Wildman–Crippen MR) is 101 cm³/mol. The lowest BCUT2D eigenvalue weighted by molar-refractivity contribution is -0.123. The number of ether oxygens (including phenoxy) is 1. The summed E-state index contributed by atoms with van der Waals surface area (Å²) in [6.45, 7) is 2.47. The molecule has 2 heterocycles. The maximum absolute atomic E-state index is 12.3. The highest BCUT2D eigenvalue weighted by atomic mass is 127. The molecule has 1 saturated heterocycles. The number of rotatable bonds is 5. The van der Waals surface area contributed by atoms with Crippen LogP contribution in [0.1, 0.15) is 11.3 Å². The van der Waals surface area contributed by atoms with Crippen molar-refractivity contribution in [1.29, 1.82) is 0 Å². The zero-order valence-corrected chi connectivity index (χ0v) is 15.8. The van der Waals surface area contributed by atoms with Gasteiger partial charge in [0.2, 0.25) is 0 Å². The average molecular weight is 455 g/mol. The van der Waals surface area contributed by atoms with Crippen LogP contribution in [-0.2, 0) is 4.79 Å². The first-order valence-corrected chi connectivity index (χ1v) is 9.12. The third kappa shape index (κ3) is 4.02. The molecule has 0 radical (unpaired) electrons. The Hall–Kier alpha value is -1.74. The lowest BCUT2D eigenvalue weighted by Crippen LogP contribution is -2.32. The third-order valence-corrected chi connectivity index (χ3v) is 4.83. The maximum Gasteiger partial charge on any atom is 0.293 e. The smallest absolute Gasteiger partial charge is 0.293 e. The molecule has 1 aromatic carbocycles. The molecule has 1 aromatic heterocycles. The van der Waals surface area contributed by atoms with Gasteiger partial charge in [-0.3, -0.25) is 14.5 Å². The molecule has 0 saturated carbocycles. The van der Waals surface area contributed by atoms with Crippen molar-refractivity contribution in [1.82, 2.24) is 4.90 Å². The van der Waals surface area contributed by atoms with Crippen LogP contribution in [0.2, 0.25) is 0 Å². The monoisotopic (exact) mass is 455 g/mol. The summed E-state index contributed by atoms with van der Waals surface area (Å²) < 4.78 is 11.7. The molecule has 24 heavy (non-hydrogen) atoms. The van der Waals surface area contributed by atoms with Gasteiger partial charge in [-0.25, -0.2) is 0 Å². The number of thioether (sulfide) groups is 1. The van der Waals surface area contributed by atoms with Gasteiger partial charge < -0.3 is 9.15 Å². The number of aryl methyl sites for hydroxylation is 1. The van der Waals surface area contributed by atoms with E-state index in [-0.39, 0.29) is 24.3 Å². The lowest BCUT2D eigenvalue weighted by Gasteiger charge is -2.13. The molecule has 1 aliphatic heterocycles. The van der Waals surface area contributed by atoms with E-state index in [1.54, 1.807) is 18.2 Å². The van der Waals surface area contributed by atoms with Crippen LogP contribution >= 0.6 is 34.4 Å². The summed E-state index contributed by atoms with van der Waals surface area (Å²) >= 11 is 2.96. The molecule has 3 rings (SSSR count). The fraction of sp³-hybridized carbons (Fsp3) is 0.176. The second kappa shape index (κ2) is 7.43. The molecule has 1 aliphatic rings. The second-order valence-corrected chi connectivity index (χ2v) is 7.19. The molecule has 0 aliphatic carbocycles. The largest absolute Gasteiger partial charge is 0.492 e. The number of carbonyl (C=O) groups excluding carboxylic acids is 2. The first-order chi connectivity index (χ1) is 11.5. The van der Waals surface area contributed by atoms with Crippen molar-refractivity contribution in [2.24, 2.45) is 0 Å². The first-order valence-electron chi connectivity index (χ1n) is 7.23. The highest BCUT2D eigenvalue weighted by Gasteiger charge is 2.35. The summed E-state index contributed by atoms with van der Waals surface area (Å²) in [7, 11) is 0. The standard InChI is InChI=1S/C17H14INO4S/c1-11-2-4-12(5-3-11)22-9-8-19-16(20)14(24-17(19)21)10-13-6-7-15(18)23-13/h2-7,10H,8-9H2,1H3/b14-10-. The number of hydrogen-bond acceptors (Lipinski definition) is 5. The third-order valence-electron chi connectivity index (χ3n) is 3.35. The van der Waals surface area contributed by atoms with Crippen LogP contribution in [0.25, 0.3) is 6.08 Å². The fourth-order valence-electron chi connectivity index (χ4n) is 2.12. The van der Waals surface area contributed by atoms with Gasteiger partial charge in [0.05, 0.1) is 11.4 Å². The summed E-state index contributed by atoms with van der Waals surface area (Å²) in [5.74, 6) is 0.956. The zero-order valence-electron chi connectivity index (χ0n) is 12.8. The van der Waals surface area contributed by atoms with Gasteiger partial charge in [-0.2, -0.15) is 0 Å². The van der Waals surface area contributed by atoms with Crippen LogP contribution in [0.5, 0.6) is 5.75 Å². The maximum atomic E-state index is 12.3. The molecule has 0 unspecified atom stereocenters. The van der Waals surface area contributed by atoms with Crippen molar-refractivity contribution in [3.05, 3.63) is 56.4 Å². The molecule has 2 aromatic rings. The number of benzene rings is 1. The molecular weight excluding hydrogens is 441 g/mol. The molecule has 124 valence electrons. The highest BCUT2D eigenvalue weighted by Crippen LogP contribution is 2.32. The Kier molecular flexibility index (Phi) is 5.30. The molecule has 7 heteroatoms. The Bertz CT molecular complexity index is 797. The number of imide groups is 1. The molecule has 0 spiro atoms. The molecule has 0 bridgehead atoms. The van der Waals surface area contributed by atoms with Gasteiger partial charge in [-0.1, -0.05) is 17.7 Å². The normalized spacial score (nSPS) is 16.2. The van der Waals surface area contributed by atoms with Gasteiger partial charge in [0, 0.05) is 6.08 Å². The Morgan fingerprint density at radius 1 is 1.21 bits per heavy atom. The molecular formula is C17H14INO4S. The van der Waals surface area contributed by atoms with E-state index in [1.165, 1.54) is 4.90 Å². The minimum absolute atomic E-state index is 0.214. The predicted octanol–water partition coefficient (Wildman–Crippen LogP) is 4.31. The molecule has 0 atom stereocenters. The summed E-state index contributed by atoms with van der Waals surface area (Å²) in [5.41, 5.74) is 1.14. The van der Waals surface area contributed by atoms with Crippen LogP contribution < -0.4 is 4.74 Å². The van der Waals surface area contributed by atoms with E-state index in [2.05, 4.69) is 0 Å². The van der Waals surface area contributed by atoms with E-state index in [0.717, 1.165) is 21.1 Å². The Labute approximate surface area is 157 Å². The van der Waals surface area contributed by atoms with Crippen molar-refractivity contribution >= 4 is 51.6 Å². The molecule has 2 amide bonds. The van der Waals surface area contributed by atoms with Gasteiger partial charge in [0.1, 0.15) is 18.1 Å². The van der Waals surface area contributed by atoms with E-state index in [0.29, 0.717) is 16.4 Å². The van der Waals surface area contributed by atoms with Crippen LogP contribution in [0.15, 0.2) is 45.7 Å². The average Bonchev–Trinajstić information content (AvgIpc) is 3.07. The Balaban J connectivity index is 1.60. The van der Waals surface area contributed by atoms with Gasteiger partial charge in [0.15, 0.2) is 3.77 Å². The Morgan fingerprint density at radius 2 is 1.96 bits per heavy atom. The second-order valence-electron chi connectivity index (χ2n) is 5.14. The highest BCUT2D eigenvalue weighted by molar-refractivity contribution is 14.1. The van der Waals surface area contributed by atoms with Crippen LogP contribution in [-0.4, -0.2) is 29.2 Å². The molecule has 0 N–H and O–H groups in total. The number of hydrogen-bond donors (Lipinski definition) is 0. The number of furan rings is 1. The van der Waals surface area contributed by atoms with Crippen molar-refractivity contribution in [3.8, 4) is 5.75 Å². The summed E-state index contributed by atoms with van der Waals surface area (Å²) in [5, 5.41) is -0.292. The van der Waals surface area contributed by atoms with Crippen molar-refractivity contribution < 1.29 is 18.7 Å². The molecule has 5 nitrogen and oxygen atoms in total.